The Kier molecular flexibility index (Phi) is 4.51. The van der Waals surface area contributed by atoms with E-state index >= 15 is 0 Å². The lowest BCUT2D eigenvalue weighted by atomic mass is 10.3. The number of hydrogen-bond acceptors (Lipinski definition) is 5. The first-order valence-corrected chi connectivity index (χ1v) is 4.81. The van der Waals surface area contributed by atoms with Crippen LogP contribution >= 0.6 is 0 Å². The second-order valence-corrected chi connectivity index (χ2v) is 2.99. The maximum absolute atomic E-state index is 11.1. The molecule has 0 fully saturated rings. The van der Waals surface area contributed by atoms with Gasteiger partial charge in [-0.25, -0.2) is 0 Å². The molecule has 88 valence electrons. The van der Waals surface area contributed by atoms with Gasteiger partial charge in [0.25, 0.3) is 5.91 Å². The predicted molar refractivity (Wildman–Crippen MR) is 63.7 cm³/mol. The van der Waals surface area contributed by atoms with Crippen LogP contribution < -0.4 is 15.5 Å². The van der Waals surface area contributed by atoms with Gasteiger partial charge in [-0.1, -0.05) is 0 Å². The smallest absolute Gasteiger partial charge is 0.282 e. The van der Waals surface area contributed by atoms with Crippen LogP contribution in [0.1, 0.15) is 0 Å². The summed E-state index contributed by atoms with van der Waals surface area (Å²) in [6, 6.07) is 8.62. The molecule has 0 bridgehead atoms. The van der Waals surface area contributed by atoms with Crippen molar-refractivity contribution in [1.29, 1.82) is 5.26 Å². The molecule has 0 saturated carbocycles. The van der Waals surface area contributed by atoms with E-state index in [9.17, 15) is 4.79 Å². The van der Waals surface area contributed by atoms with Crippen LogP contribution in [0.3, 0.4) is 0 Å². The van der Waals surface area contributed by atoms with E-state index in [2.05, 4.69) is 15.8 Å². The van der Waals surface area contributed by atoms with E-state index in [1.54, 1.807) is 37.4 Å². The molecule has 1 rings (SSSR count). The second-order valence-electron chi connectivity index (χ2n) is 2.99. The number of carbonyl (C=O) groups is 1. The molecule has 0 aliphatic heterocycles. The topological polar surface area (TPSA) is 86.5 Å². The molecule has 1 aromatic carbocycles. The molecular formula is C11H12N4O2. The van der Waals surface area contributed by atoms with Crippen molar-refractivity contribution in [2.24, 2.45) is 5.10 Å². The highest BCUT2D eigenvalue weighted by Gasteiger charge is 2.07. The molecule has 1 aromatic rings. The molecule has 17 heavy (non-hydrogen) atoms. The number of carbonyl (C=O) groups excluding carboxylic acids is 1. The lowest BCUT2D eigenvalue weighted by molar-refractivity contribution is -0.114. The zero-order chi connectivity index (χ0) is 12.7. The van der Waals surface area contributed by atoms with Crippen molar-refractivity contribution in [2.75, 3.05) is 19.6 Å². The fourth-order valence-electron chi connectivity index (χ4n) is 1.03. The summed E-state index contributed by atoms with van der Waals surface area (Å²) in [5.41, 5.74) is 3.03. The second kappa shape index (κ2) is 6.12. The van der Waals surface area contributed by atoms with E-state index < -0.39 is 5.91 Å². The summed E-state index contributed by atoms with van der Waals surface area (Å²) in [4.78, 5) is 11.1. The first kappa shape index (κ1) is 12.5. The largest absolute Gasteiger partial charge is 0.497 e. The van der Waals surface area contributed by atoms with Crippen LogP contribution in [0.15, 0.2) is 29.4 Å². The number of hydrogen-bond donors (Lipinski definition) is 2. The van der Waals surface area contributed by atoms with Crippen LogP contribution in [0.25, 0.3) is 0 Å². The van der Waals surface area contributed by atoms with Crippen LogP contribution in [0, 0.1) is 11.3 Å². The number of ether oxygens (including phenoxy) is 1. The van der Waals surface area contributed by atoms with E-state index in [-0.39, 0.29) is 5.71 Å². The number of rotatable bonds is 4. The maximum Gasteiger partial charge on any atom is 0.282 e. The van der Waals surface area contributed by atoms with Gasteiger partial charge < -0.3 is 10.1 Å². The number of anilines is 1. The average molecular weight is 232 g/mol. The maximum atomic E-state index is 11.1. The molecule has 6 nitrogen and oxygen atoms in total. The number of amides is 1. The number of nitrogens with one attached hydrogen (secondary N) is 2. The molecule has 1 amide bonds. The number of methoxy groups -OCH3 is 1. The summed E-state index contributed by atoms with van der Waals surface area (Å²) in [6.45, 7) is 0. The molecule has 0 aromatic heterocycles. The number of nitrogens with zero attached hydrogens (tertiary/aromatic N) is 2. The van der Waals surface area contributed by atoms with Crippen molar-refractivity contribution in [3.05, 3.63) is 24.3 Å². The Labute approximate surface area is 98.9 Å². The molecular weight excluding hydrogens is 220 g/mol. The zero-order valence-corrected chi connectivity index (χ0v) is 9.52. The summed E-state index contributed by atoms with van der Waals surface area (Å²) < 4.78 is 4.99. The van der Waals surface area contributed by atoms with Crippen LogP contribution in [0.5, 0.6) is 5.75 Å². The Bertz CT molecular complexity index is 459. The van der Waals surface area contributed by atoms with Crippen LogP contribution in [0.4, 0.5) is 5.69 Å². The Morgan fingerprint density at radius 3 is 2.53 bits per heavy atom. The Morgan fingerprint density at radius 1 is 1.41 bits per heavy atom. The minimum absolute atomic E-state index is 0.233. The molecule has 0 radical (unpaired) electrons. The van der Waals surface area contributed by atoms with Crippen molar-refractivity contribution in [1.82, 2.24) is 5.32 Å². The molecule has 6 heteroatoms. The van der Waals surface area contributed by atoms with Crippen molar-refractivity contribution >= 4 is 17.3 Å². The third-order valence-corrected chi connectivity index (χ3v) is 1.93. The monoisotopic (exact) mass is 232 g/mol. The summed E-state index contributed by atoms with van der Waals surface area (Å²) in [7, 11) is 3.00. The summed E-state index contributed by atoms with van der Waals surface area (Å²) in [5, 5.41) is 14.7. The highest BCUT2D eigenvalue weighted by atomic mass is 16.5. The number of hydrazone groups is 1. The van der Waals surface area contributed by atoms with Crippen LogP contribution in [-0.4, -0.2) is 25.8 Å². The Hall–Kier alpha value is -2.55. The van der Waals surface area contributed by atoms with Gasteiger partial charge >= 0.3 is 0 Å². The molecule has 0 atom stereocenters. The summed E-state index contributed by atoms with van der Waals surface area (Å²) >= 11 is 0. The lowest BCUT2D eigenvalue weighted by Gasteiger charge is -2.03. The minimum atomic E-state index is -0.534. The quantitative estimate of drug-likeness (QED) is 0.592. The van der Waals surface area contributed by atoms with E-state index in [1.165, 1.54) is 7.05 Å². The van der Waals surface area contributed by atoms with Gasteiger partial charge in [-0.15, -0.1) is 0 Å². The average Bonchev–Trinajstić information content (AvgIpc) is 2.39. The van der Waals surface area contributed by atoms with Gasteiger partial charge in [0.1, 0.15) is 11.8 Å². The third kappa shape index (κ3) is 3.50. The van der Waals surface area contributed by atoms with E-state index in [1.807, 2.05) is 0 Å². The Morgan fingerprint density at radius 2 is 2.06 bits per heavy atom. The van der Waals surface area contributed by atoms with E-state index in [0.29, 0.717) is 11.4 Å². The molecule has 0 saturated heterocycles. The predicted octanol–water partition coefficient (Wildman–Crippen LogP) is 0.733. The normalized spacial score (nSPS) is 10.3. The number of benzene rings is 1. The van der Waals surface area contributed by atoms with Crippen LogP contribution in [0.2, 0.25) is 0 Å². The molecule has 2 N–H and O–H groups in total. The summed E-state index contributed by atoms with van der Waals surface area (Å²) in [5.74, 6) is 0.180. The van der Waals surface area contributed by atoms with Gasteiger partial charge in [-0.3, -0.25) is 10.2 Å². The van der Waals surface area contributed by atoms with Crippen molar-refractivity contribution in [3.63, 3.8) is 0 Å². The van der Waals surface area contributed by atoms with Gasteiger partial charge in [-0.05, 0) is 24.3 Å². The van der Waals surface area contributed by atoms with Gasteiger partial charge in [0.2, 0.25) is 5.71 Å². The molecule has 0 aliphatic carbocycles. The van der Waals surface area contributed by atoms with Crippen LogP contribution in [-0.2, 0) is 4.79 Å². The SMILES string of the molecule is CNC(=O)/C(C#N)=N/Nc1ccc(OC)cc1. The fraction of sp³-hybridized carbons (Fsp3) is 0.182. The molecule has 0 heterocycles. The first-order valence-electron chi connectivity index (χ1n) is 4.81. The van der Waals surface area contributed by atoms with Crippen molar-refractivity contribution in [3.8, 4) is 11.8 Å². The highest BCUT2D eigenvalue weighted by molar-refractivity contribution is 6.45. The standard InChI is InChI=1S/C11H12N4O2/c1-13-11(16)10(7-12)15-14-8-3-5-9(17-2)6-4-8/h3-6,14H,1-2H3,(H,13,16)/b15-10+. The molecule has 0 aliphatic rings. The van der Waals surface area contributed by atoms with Gasteiger partial charge in [-0.2, -0.15) is 10.4 Å². The van der Waals surface area contributed by atoms with E-state index in [4.69, 9.17) is 10.00 Å². The number of nitriles is 1. The lowest BCUT2D eigenvalue weighted by Crippen LogP contribution is -2.27. The fourth-order valence-corrected chi connectivity index (χ4v) is 1.03. The first-order chi connectivity index (χ1) is 8.21. The summed E-state index contributed by atoms with van der Waals surface area (Å²) in [6.07, 6.45) is 0. The van der Waals surface area contributed by atoms with Gasteiger partial charge in [0.05, 0.1) is 12.8 Å². The van der Waals surface area contributed by atoms with Gasteiger partial charge in [0.15, 0.2) is 0 Å². The van der Waals surface area contributed by atoms with E-state index in [0.717, 1.165) is 0 Å². The minimum Gasteiger partial charge on any atom is -0.497 e. The highest BCUT2D eigenvalue weighted by Crippen LogP contribution is 2.14. The third-order valence-electron chi connectivity index (χ3n) is 1.93. The Balaban J connectivity index is 2.74. The molecule has 0 spiro atoms. The van der Waals surface area contributed by atoms with Crippen molar-refractivity contribution < 1.29 is 9.53 Å². The van der Waals surface area contributed by atoms with Crippen molar-refractivity contribution in [2.45, 2.75) is 0 Å². The van der Waals surface area contributed by atoms with Gasteiger partial charge in [0, 0.05) is 7.05 Å². The molecule has 0 unspecified atom stereocenters. The zero-order valence-electron chi connectivity index (χ0n) is 9.52.